The number of thiazole rings is 1. The van der Waals surface area contributed by atoms with Crippen molar-refractivity contribution in [2.75, 3.05) is 19.1 Å². The maximum absolute atomic E-state index is 9.50. The first-order chi connectivity index (χ1) is 16.5. The summed E-state index contributed by atoms with van der Waals surface area (Å²) in [5.74, 6) is 1.76. The van der Waals surface area contributed by atoms with Gasteiger partial charge in [-0.25, -0.2) is 19.9 Å². The number of imidazole rings is 1. The van der Waals surface area contributed by atoms with E-state index in [1.807, 2.05) is 22.1 Å². The Bertz CT molecular complexity index is 1340. The summed E-state index contributed by atoms with van der Waals surface area (Å²) in [7, 11) is 0. The number of fused-ring (bicyclic) bond motifs is 2. The molecule has 0 spiro atoms. The zero-order valence-electron chi connectivity index (χ0n) is 18.2. The summed E-state index contributed by atoms with van der Waals surface area (Å²) < 4.78 is 13.2. The molecule has 0 radical (unpaired) electrons. The lowest BCUT2D eigenvalue weighted by Gasteiger charge is -2.13. The lowest BCUT2D eigenvalue weighted by Crippen LogP contribution is -2.32. The van der Waals surface area contributed by atoms with E-state index in [0.29, 0.717) is 53.1 Å². The normalized spacial score (nSPS) is 13.4. The van der Waals surface area contributed by atoms with Crippen molar-refractivity contribution in [3.63, 3.8) is 0 Å². The van der Waals surface area contributed by atoms with Crippen LogP contribution in [0.3, 0.4) is 0 Å². The van der Waals surface area contributed by atoms with Crippen LogP contribution in [0.1, 0.15) is 13.3 Å². The Morgan fingerprint density at radius 2 is 2.15 bits per heavy atom. The first-order valence-electron chi connectivity index (χ1n) is 10.5. The maximum atomic E-state index is 9.50. The van der Waals surface area contributed by atoms with E-state index in [1.165, 1.54) is 18.1 Å². The Kier molecular flexibility index (Phi) is 6.22. The summed E-state index contributed by atoms with van der Waals surface area (Å²) in [6.45, 7) is 2.83. The van der Waals surface area contributed by atoms with E-state index in [9.17, 15) is 5.11 Å². The topological polar surface area (TPSA) is 157 Å². The second kappa shape index (κ2) is 9.44. The molecule has 1 aliphatic heterocycles. The molecule has 13 heteroatoms. The number of aliphatic hydroxyl groups is 1. The summed E-state index contributed by atoms with van der Waals surface area (Å²) in [5.41, 5.74) is 8.19. The van der Waals surface area contributed by atoms with Gasteiger partial charge in [0.1, 0.15) is 23.3 Å². The number of nitrogen functional groups attached to an aromatic ring is 1. The molecule has 5 rings (SSSR count). The number of amidine groups is 1. The molecular weight excluding hydrogens is 476 g/mol. The molecule has 0 aliphatic carbocycles. The Hall–Kier alpha value is -3.42. The van der Waals surface area contributed by atoms with Crippen LogP contribution in [-0.2, 0) is 6.54 Å². The molecule has 1 unspecified atom stereocenters. The number of aromatic nitrogens is 5. The van der Waals surface area contributed by atoms with Gasteiger partial charge in [-0.2, -0.15) is 0 Å². The van der Waals surface area contributed by atoms with E-state index in [0.717, 1.165) is 15.5 Å². The number of hydrogen-bond acceptors (Lipinski definition) is 11. The molecule has 0 fully saturated rings. The predicted octanol–water partition coefficient (Wildman–Crippen LogP) is 2.75. The molecule has 0 saturated carbocycles. The fourth-order valence-electron chi connectivity index (χ4n) is 3.45. The fourth-order valence-corrected chi connectivity index (χ4v) is 5.24. The van der Waals surface area contributed by atoms with Gasteiger partial charge in [-0.15, -0.1) is 11.3 Å². The third-order valence-electron chi connectivity index (χ3n) is 5.16. The monoisotopic (exact) mass is 498 g/mol. The standard InChI is InChI=1S/C21H22N8O3S2/c1-11(30)17(22)24-3-2-5-29-19-16(18(23)26-9-27-19)28-21(29)34-15-8-14-13(31-10-32-14)7-12(15)20-25-4-6-33-20/h4,6-9,11,30H,2-3,5,10H2,1H3,(H2,22,24)(H2,23,26,27). The second-order valence-corrected chi connectivity index (χ2v) is 9.39. The van der Waals surface area contributed by atoms with E-state index >= 15 is 0 Å². The Morgan fingerprint density at radius 1 is 1.32 bits per heavy atom. The smallest absolute Gasteiger partial charge is 0.231 e. The molecule has 4 aromatic rings. The number of anilines is 1. The summed E-state index contributed by atoms with van der Waals surface area (Å²) in [6, 6.07) is 3.88. The van der Waals surface area contributed by atoms with Crippen LogP contribution in [0.4, 0.5) is 5.82 Å². The molecule has 3 aromatic heterocycles. The van der Waals surface area contributed by atoms with Crippen molar-refractivity contribution in [3.05, 3.63) is 30.0 Å². The van der Waals surface area contributed by atoms with Crippen molar-refractivity contribution in [2.24, 2.45) is 0 Å². The van der Waals surface area contributed by atoms with Crippen LogP contribution in [0.15, 0.2) is 40.1 Å². The fraction of sp³-hybridized carbons (Fsp3) is 0.286. The van der Waals surface area contributed by atoms with Gasteiger partial charge in [0.05, 0.1) is 0 Å². The van der Waals surface area contributed by atoms with Crippen LogP contribution in [0.25, 0.3) is 21.7 Å². The average molecular weight is 499 g/mol. The first kappa shape index (κ1) is 22.4. The van der Waals surface area contributed by atoms with E-state index in [1.54, 1.807) is 24.5 Å². The number of benzene rings is 1. The van der Waals surface area contributed by atoms with E-state index in [4.69, 9.17) is 25.6 Å². The van der Waals surface area contributed by atoms with Gasteiger partial charge in [-0.1, -0.05) is 11.8 Å². The van der Waals surface area contributed by atoms with Crippen molar-refractivity contribution in [1.29, 1.82) is 5.41 Å². The molecule has 5 N–H and O–H groups in total. The van der Waals surface area contributed by atoms with Crippen molar-refractivity contribution < 1.29 is 14.6 Å². The minimum atomic E-state index is -0.831. The highest BCUT2D eigenvalue weighted by Gasteiger charge is 2.23. The van der Waals surface area contributed by atoms with Gasteiger partial charge in [0, 0.05) is 35.1 Å². The molecule has 4 heterocycles. The van der Waals surface area contributed by atoms with Crippen molar-refractivity contribution >= 4 is 45.9 Å². The molecule has 11 nitrogen and oxygen atoms in total. The number of aliphatic hydroxyl groups excluding tert-OH is 1. The molecule has 176 valence electrons. The number of ether oxygens (including phenoxy) is 2. The van der Waals surface area contributed by atoms with Gasteiger partial charge < -0.3 is 30.2 Å². The van der Waals surface area contributed by atoms with E-state index in [2.05, 4.69) is 20.3 Å². The van der Waals surface area contributed by atoms with Crippen molar-refractivity contribution in [3.8, 4) is 22.1 Å². The summed E-state index contributed by atoms with van der Waals surface area (Å²) in [6.07, 6.45) is 3.04. The highest BCUT2D eigenvalue weighted by Crippen LogP contribution is 2.45. The number of rotatable bonds is 8. The first-order valence-corrected chi connectivity index (χ1v) is 12.2. The SMILES string of the molecule is CC(O)C(=N)NCCCn1c(Sc2cc3c(cc2-c2nccs2)OCO3)nc2c(N)ncnc21. The molecular formula is C21H22N8O3S2. The van der Waals surface area contributed by atoms with E-state index in [-0.39, 0.29) is 12.6 Å². The van der Waals surface area contributed by atoms with Gasteiger partial charge >= 0.3 is 0 Å². The number of nitrogens with two attached hydrogens (primary N) is 1. The maximum Gasteiger partial charge on any atom is 0.231 e. The molecule has 0 bridgehead atoms. The molecule has 1 atom stereocenters. The molecule has 1 aromatic carbocycles. The number of hydrogen-bond donors (Lipinski definition) is 4. The summed E-state index contributed by atoms with van der Waals surface area (Å²) >= 11 is 3.01. The van der Waals surface area contributed by atoms with Crippen molar-refractivity contribution in [2.45, 2.75) is 36.0 Å². The third-order valence-corrected chi connectivity index (χ3v) is 7.01. The van der Waals surface area contributed by atoms with E-state index < -0.39 is 6.10 Å². The lowest BCUT2D eigenvalue weighted by molar-refractivity contribution is 0.174. The third kappa shape index (κ3) is 4.36. The zero-order valence-corrected chi connectivity index (χ0v) is 19.8. The zero-order chi connectivity index (χ0) is 23.7. The molecule has 34 heavy (non-hydrogen) atoms. The Labute approximate surface area is 202 Å². The predicted molar refractivity (Wildman–Crippen MR) is 130 cm³/mol. The van der Waals surface area contributed by atoms with Crippen LogP contribution in [0.5, 0.6) is 11.5 Å². The second-order valence-electron chi connectivity index (χ2n) is 7.49. The van der Waals surface area contributed by atoms with Gasteiger partial charge in [0.2, 0.25) is 6.79 Å². The van der Waals surface area contributed by atoms with Crippen LogP contribution < -0.4 is 20.5 Å². The van der Waals surface area contributed by atoms with Crippen LogP contribution in [0.2, 0.25) is 0 Å². The lowest BCUT2D eigenvalue weighted by atomic mass is 10.2. The number of aryl methyl sites for hydroxylation is 1. The average Bonchev–Trinajstić information content (AvgIpc) is 3.57. The van der Waals surface area contributed by atoms with Gasteiger partial charge in [0.15, 0.2) is 33.6 Å². The Balaban J connectivity index is 1.49. The van der Waals surface area contributed by atoms with Crippen LogP contribution in [-0.4, -0.2) is 54.9 Å². The molecule has 0 amide bonds. The van der Waals surface area contributed by atoms with Crippen LogP contribution >= 0.6 is 23.1 Å². The highest BCUT2D eigenvalue weighted by atomic mass is 32.2. The largest absolute Gasteiger partial charge is 0.454 e. The minimum Gasteiger partial charge on any atom is -0.454 e. The van der Waals surface area contributed by atoms with Crippen molar-refractivity contribution in [1.82, 2.24) is 29.8 Å². The summed E-state index contributed by atoms with van der Waals surface area (Å²) in [4.78, 5) is 18.6. The van der Waals surface area contributed by atoms with Gasteiger partial charge in [0.25, 0.3) is 0 Å². The molecule has 0 saturated heterocycles. The minimum absolute atomic E-state index is 0.0881. The summed E-state index contributed by atoms with van der Waals surface area (Å²) in [5, 5.41) is 23.7. The quantitative estimate of drug-likeness (QED) is 0.162. The van der Waals surface area contributed by atoms with Gasteiger partial charge in [-0.05, 0) is 25.5 Å². The number of nitrogens with one attached hydrogen (secondary N) is 2. The number of nitrogens with zero attached hydrogens (tertiary/aromatic N) is 5. The van der Waals surface area contributed by atoms with Crippen LogP contribution in [0, 0.1) is 5.41 Å². The highest BCUT2D eigenvalue weighted by molar-refractivity contribution is 7.99. The Morgan fingerprint density at radius 3 is 2.91 bits per heavy atom. The van der Waals surface area contributed by atoms with Gasteiger partial charge in [-0.3, -0.25) is 5.41 Å². The molecule has 1 aliphatic rings.